The van der Waals surface area contributed by atoms with Crippen LogP contribution < -0.4 is 0 Å². The van der Waals surface area contributed by atoms with E-state index < -0.39 is 0 Å². The number of carbonyl (C=O) groups is 1. The smallest absolute Gasteiger partial charge is 0.235 e. The van der Waals surface area contributed by atoms with Crippen LogP contribution in [0, 0.1) is 12.3 Å². The van der Waals surface area contributed by atoms with Crippen LogP contribution in [0.1, 0.15) is 10.4 Å². The highest BCUT2D eigenvalue weighted by Gasteiger charge is 1.99. The van der Waals surface area contributed by atoms with Crippen LogP contribution in [0.2, 0.25) is 0 Å². The molecule has 0 unspecified atom stereocenters. The number of hydrogen-bond donors (Lipinski definition) is 0. The van der Waals surface area contributed by atoms with Gasteiger partial charge in [-0.1, -0.05) is 28.1 Å². The second kappa shape index (κ2) is 3.36. The second-order valence-electron chi connectivity index (χ2n) is 1.98. The lowest BCUT2D eigenvalue weighted by Crippen LogP contribution is -1.92. The number of hydrogen-bond acceptors (Lipinski definition) is 1. The maximum Gasteiger partial charge on any atom is 0.235 e. The fourth-order valence-corrected chi connectivity index (χ4v) is 1.11. The molecule has 0 aromatic heterocycles. The first-order valence-corrected chi connectivity index (χ1v) is 3.80. The highest BCUT2D eigenvalue weighted by molar-refractivity contribution is 9.10. The van der Waals surface area contributed by atoms with Crippen molar-refractivity contribution in [3.05, 3.63) is 34.3 Å². The number of terminal acetylenes is 1. The van der Waals surface area contributed by atoms with E-state index in [4.69, 9.17) is 6.42 Å². The van der Waals surface area contributed by atoms with Gasteiger partial charge in [-0.15, -0.1) is 6.42 Å². The van der Waals surface area contributed by atoms with E-state index in [0.29, 0.717) is 5.56 Å². The molecule has 0 saturated heterocycles. The maximum atomic E-state index is 10.9. The molecule has 1 aromatic rings. The maximum absolute atomic E-state index is 10.9. The lowest BCUT2D eigenvalue weighted by molar-refractivity contribution is 0.105. The Hall–Kier alpha value is -1.07. The van der Waals surface area contributed by atoms with Crippen molar-refractivity contribution in [2.75, 3.05) is 0 Å². The molecule has 0 aliphatic carbocycles. The van der Waals surface area contributed by atoms with Crippen molar-refractivity contribution in [1.29, 1.82) is 0 Å². The summed E-state index contributed by atoms with van der Waals surface area (Å²) < 4.78 is 0.860. The van der Waals surface area contributed by atoms with E-state index in [-0.39, 0.29) is 5.78 Å². The van der Waals surface area contributed by atoms with E-state index in [2.05, 4.69) is 15.9 Å². The largest absolute Gasteiger partial charge is 0.279 e. The first kappa shape index (κ1) is 8.03. The summed E-state index contributed by atoms with van der Waals surface area (Å²) in [6.45, 7) is 0. The van der Waals surface area contributed by atoms with Crippen molar-refractivity contribution in [2.45, 2.75) is 0 Å². The molecule has 11 heavy (non-hydrogen) atoms. The molecule has 0 N–H and O–H groups in total. The Bertz CT molecular complexity index is 323. The third-order valence-electron chi connectivity index (χ3n) is 1.22. The van der Waals surface area contributed by atoms with Crippen molar-refractivity contribution < 1.29 is 4.79 Å². The zero-order valence-electron chi connectivity index (χ0n) is 5.67. The van der Waals surface area contributed by atoms with Crippen LogP contribution in [0.4, 0.5) is 0 Å². The van der Waals surface area contributed by atoms with Crippen molar-refractivity contribution in [3.63, 3.8) is 0 Å². The number of Topliss-reactive ketones (excluding diaryl/α,β-unsaturated/α-hetero) is 1. The summed E-state index contributed by atoms with van der Waals surface area (Å²) in [7, 11) is 0. The molecule has 0 fully saturated rings. The molecule has 2 heteroatoms. The molecule has 0 radical (unpaired) electrons. The normalized spacial score (nSPS) is 8.73. The van der Waals surface area contributed by atoms with Crippen LogP contribution in [0.3, 0.4) is 0 Å². The highest BCUT2D eigenvalue weighted by Crippen LogP contribution is 2.11. The number of rotatable bonds is 1. The van der Waals surface area contributed by atoms with Gasteiger partial charge >= 0.3 is 0 Å². The van der Waals surface area contributed by atoms with Crippen LogP contribution in [-0.2, 0) is 0 Å². The summed E-state index contributed by atoms with van der Waals surface area (Å²) in [6, 6.07) is 7.00. The van der Waals surface area contributed by atoms with Crippen LogP contribution in [0.5, 0.6) is 0 Å². The molecule has 1 aromatic carbocycles. The van der Waals surface area contributed by atoms with Gasteiger partial charge in [0.2, 0.25) is 5.78 Å². The first-order valence-electron chi connectivity index (χ1n) is 3.00. The Morgan fingerprint density at radius 1 is 1.55 bits per heavy atom. The van der Waals surface area contributed by atoms with Gasteiger partial charge in [0, 0.05) is 10.0 Å². The molecule has 0 aliphatic rings. The fraction of sp³-hybridized carbons (Fsp3) is 0. The van der Waals surface area contributed by atoms with E-state index >= 15 is 0 Å². The second-order valence-corrected chi connectivity index (χ2v) is 2.90. The molecule has 0 atom stereocenters. The molecule has 0 spiro atoms. The third kappa shape index (κ3) is 1.92. The number of benzene rings is 1. The topological polar surface area (TPSA) is 17.1 Å². The van der Waals surface area contributed by atoms with Gasteiger partial charge in [-0.25, -0.2) is 0 Å². The van der Waals surface area contributed by atoms with E-state index in [1.54, 1.807) is 18.2 Å². The van der Waals surface area contributed by atoms with Crippen LogP contribution in [0.15, 0.2) is 28.7 Å². The summed E-state index contributed by atoms with van der Waals surface area (Å²) in [4.78, 5) is 10.9. The SMILES string of the molecule is C#CC(=O)c1cccc(Br)c1. The lowest BCUT2D eigenvalue weighted by Gasteiger charge is -1.93. The molecule has 0 heterocycles. The number of ketones is 1. The van der Waals surface area contributed by atoms with Crippen LogP contribution in [0.25, 0.3) is 0 Å². The highest BCUT2D eigenvalue weighted by atomic mass is 79.9. The molecular weight excluding hydrogens is 204 g/mol. The molecular formula is C9H5BrO. The number of halogens is 1. The van der Waals surface area contributed by atoms with Gasteiger partial charge in [-0.05, 0) is 18.1 Å². The molecule has 54 valence electrons. The van der Waals surface area contributed by atoms with Gasteiger partial charge in [0.15, 0.2) is 0 Å². The van der Waals surface area contributed by atoms with Crippen molar-refractivity contribution >= 4 is 21.7 Å². The van der Waals surface area contributed by atoms with E-state index in [0.717, 1.165) is 4.47 Å². The predicted molar refractivity (Wildman–Crippen MR) is 47.3 cm³/mol. The average Bonchev–Trinajstić information content (AvgIpc) is 2.03. The van der Waals surface area contributed by atoms with Gasteiger partial charge in [-0.2, -0.15) is 0 Å². The van der Waals surface area contributed by atoms with Gasteiger partial charge in [-0.3, -0.25) is 4.79 Å². The molecule has 0 bridgehead atoms. The summed E-state index contributed by atoms with van der Waals surface area (Å²) in [6.07, 6.45) is 4.94. The van der Waals surface area contributed by atoms with Gasteiger partial charge in [0.25, 0.3) is 0 Å². The summed E-state index contributed by atoms with van der Waals surface area (Å²) in [5, 5.41) is 0. The Morgan fingerprint density at radius 2 is 2.27 bits per heavy atom. The van der Waals surface area contributed by atoms with Gasteiger partial charge in [0.05, 0.1) is 0 Å². The zero-order chi connectivity index (χ0) is 8.27. The van der Waals surface area contributed by atoms with Gasteiger partial charge < -0.3 is 0 Å². The minimum absolute atomic E-state index is 0.286. The average molecular weight is 209 g/mol. The third-order valence-corrected chi connectivity index (χ3v) is 1.71. The van der Waals surface area contributed by atoms with E-state index in [1.807, 2.05) is 12.0 Å². The minimum atomic E-state index is -0.286. The fourth-order valence-electron chi connectivity index (χ4n) is 0.713. The minimum Gasteiger partial charge on any atom is -0.279 e. The Labute approximate surface area is 73.6 Å². The quantitative estimate of drug-likeness (QED) is 0.394. The Morgan fingerprint density at radius 3 is 2.82 bits per heavy atom. The first-order chi connectivity index (χ1) is 5.24. The molecule has 0 saturated carbocycles. The zero-order valence-corrected chi connectivity index (χ0v) is 7.26. The molecule has 0 aliphatic heterocycles. The lowest BCUT2D eigenvalue weighted by atomic mass is 10.1. The Balaban J connectivity index is 3.08. The molecule has 1 nitrogen and oxygen atoms in total. The summed E-state index contributed by atoms with van der Waals surface area (Å²) >= 11 is 3.24. The summed E-state index contributed by atoms with van der Waals surface area (Å²) in [5.41, 5.74) is 0.543. The molecule has 0 amide bonds. The van der Waals surface area contributed by atoms with Gasteiger partial charge in [0.1, 0.15) is 0 Å². The summed E-state index contributed by atoms with van der Waals surface area (Å²) in [5.74, 6) is 1.76. The van der Waals surface area contributed by atoms with Crippen molar-refractivity contribution in [1.82, 2.24) is 0 Å². The van der Waals surface area contributed by atoms with E-state index in [1.165, 1.54) is 0 Å². The van der Waals surface area contributed by atoms with Crippen molar-refractivity contribution in [2.24, 2.45) is 0 Å². The predicted octanol–water partition coefficient (Wildman–Crippen LogP) is 2.27. The van der Waals surface area contributed by atoms with Crippen molar-refractivity contribution in [3.8, 4) is 12.3 Å². The molecule has 1 rings (SSSR count). The Kier molecular flexibility index (Phi) is 2.45. The standard InChI is InChI=1S/C9H5BrO/c1-2-9(11)7-4-3-5-8(10)6-7/h1,3-6H. The monoisotopic (exact) mass is 208 g/mol. The number of carbonyl (C=O) groups excluding carboxylic acids is 1. The van der Waals surface area contributed by atoms with Crippen LogP contribution >= 0.6 is 15.9 Å². The van der Waals surface area contributed by atoms with Crippen LogP contribution in [-0.4, -0.2) is 5.78 Å². The van der Waals surface area contributed by atoms with E-state index in [9.17, 15) is 4.79 Å².